The van der Waals surface area contributed by atoms with Crippen LogP contribution in [0.1, 0.15) is 20.1 Å². The maximum Gasteiger partial charge on any atom is 0.264 e. The molecule has 21 heavy (non-hydrogen) atoms. The summed E-state index contributed by atoms with van der Waals surface area (Å²) in [5, 5.41) is 0. The zero-order valence-electron chi connectivity index (χ0n) is 11.7. The first kappa shape index (κ1) is 15.1. The number of thiophene rings is 1. The Balaban J connectivity index is 2.21. The molecule has 0 aliphatic carbocycles. The second-order valence-electron chi connectivity index (χ2n) is 4.78. The molecule has 2 aromatic rings. The Bertz CT molecular complexity index is 666. The number of nitrogens with zero attached hydrogens (tertiary/aromatic N) is 1. The molecular formula is C15H17N3O2S. The largest absolute Gasteiger partial charge is 0.399 e. The maximum atomic E-state index is 12.5. The molecule has 0 bridgehead atoms. The third kappa shape index (κ3) is 4.06. The van der Waals surface area contributed by atoms with Crippen LogP contribution in [0, 0.1) is 6.92 Å². The fraction of sp³-hybridized carbons (Fsp3) is 0.200. The highest BCUT2D eigenvalue weighted by Crippen LogP contribution is 2.19. The van der Waals surface area contributed by atoms with E-state index in [1.165, 1.54) is 16.2 Å². The number of amides is 2. The maximum absolute atomic E-state index is 12.5. The summed E-state index contributed by atoms with van der Waals surface area (Å²) in [6.07, 6.45) is 0. The van der Waals surface area contributed by atoms with E-state index in [4.69, 9.17) is 11.5 Å². The van der Waals surface area contributed by atoms with Gasteiger partial charge in [-0.3, -0.25) is 9.59 Å². The van der Waals surface area contributed by atoms with Crippen molar-refractivity contribution in [3.8, 4) is 0 Å². The number of nitrogens with two attached hydrogens (primary N) is 2. The van der Waals surface area contributed by atoms with E-state index in [2.05, 4.69) is 0 Å². The molecule has 2 amide bonds. The number of hydrogen-bond donors (Lipinski definition) is 2. The number of benzene rings is 1. The number of nitrogen functional groups attached to an aromatic ring is 1. The van der Waals surface area contributed by atoms with Gasteiger partial charge in [0.25, 0.3) is 5.91 Å². The number of carbonyl (C=O) groups is 2. The van der Waals surface area contributed by atoms with E-state index < -0.39 is 5.91 Å². The minimum Gasteiger partial charge on any atom is -0.399 e. The number of aryl methyl sites for hydroxylation is 1. The van der Waals surface area contributed by atoms with Gasteiger partial charge in [0.2, 0.25) is 5.91 Å². The number of carbonyl (C=O) groups excluding carboxylic acids is 2. The highest BCUT2D eigenvalue weighted by atomic mass is 32.1. The van der Waals surface area contributed by atoms with Gasteiger partial charge in [-0.2, -0.15) is 0 Å². The zero-order chi connectivity index (χ0) is 15.4. The van der Waals surface area contributed by atoms with Gasteiger partial charge in [-0.1, -0.05) is 12.1 Å². The van der Waals surface area contributed by atoms with Gasteiger partial charge in [-0.25, -0.2) is 0 Å². The van der Waals surface area contributed by atoms with Crippen molar-refractivity contribution in [3.05, 3.63) is 51.7 Å². The second kappa shape index (κ2) is 6.41. The molecule has 2 rings (SSSR count). The third-order valence-electron chi connectivity index (χ3n) is 2.91. The molecule has 5 nitrogen and oxygen atoms in total. The lowest BCUT2D eigenvalue weighted by Gasteiger charge is -2.20. The van der Waals surface area contributed by atoms with Gasteiger partial charge in [-0.05, 0) is 36.8 Å². The quantitative estimate of drug-likeness (QED) is 0.825. The van der Waals surface area contributed by atoms with Gasteiger partial charge in [0.05, 0.1) is 4.88 Å². The van der Waals surface area contributed by atoms with Crippen molar-refractivity contribution in [3.63, 3.8) is 0 Å². The molecule has 1 aromatic heterocycles. The van der Waals surface area contributed by atoms with Crippen molar-refractivity contribution in [2.24, 2.45) is 5.73 Å². The van der Waals surface area contributed by atoms with Crippen LogP contribution in [-0.2, 0) is 11.3 Å². The van der Waals surface area contributed by atoms with Crippen LogP contribution in [0.5, 0.6) is 0 Å². The van der Waals surface area contributed by atoms with Crippen molar-refractivity contribution >= 4 is 28.8 Å². The molecule has 0 aliphatic heterocycles. The zero-order valence-corrected chi connectivity index (χ0v) is 12.5. The Morgan fingerprint density at radius 2 is 2.00 bits per heavy atom. The summed E-state index contributed by atoms with van der Waals surface area (Å²) in [5.74, 6) is -0.741. The first-order chi connectivity index (χ1) is 9.95. The van der Waals surface area contributed by atoms with Crippen LogP contribution < -0.4 is 11.5 Å². The molecule has 1 aromatic carbocycles. The van der Waals surface area contributed by atoms with E-state index in [9.17, 15) is 9.59 Å². The van der Waals surface area contributed by atoms with Gasteiger partial charge in [0.1, 0.15) is 6.54 Å². The summed E-state index contributed by atoms with van der Waals surface area (Å²) < 4.78 is 0. The molecule has 4 N–H and O–H groups in total. The van der Waals surface area contributed by atoms with Crippen LogP contribution in [0.3, 0.4) is 0 Å². The van der Waals surface area contributed by atoms with Gasteiger partial charge in [-0.15, -0.1) is 11.3 Å². The number of hydrogen-bond acceptors (Lipinski definition) is 4. The molecule has 0 unspecified atom stereocenters. The Kier molecular flexibility index (Phi) is 4.59. The van der Waals surface area contributed by atoms with Gasteiger partial charge in [0, 0.05) is 17.1 Å². The Hall–Kier alpha value is -2.34. The summed E-state index contributed by atoms with van der Waals surface area (Å²) in [4.78, 5) is 26.8. The Morgan fingerprint density at radius 1 is 1.24 bits per heavy atom. The van der Waals surface area contributed by atoms with E-state index in [-0.39, 0.29) is 12.5 Å². The molecule has 0 atom stereocenters. The van der Waals surface area contributed by atoms with Gasteiger partial charge in [0.15, 0.2) is 0 Å². The smallest absolute Gasteiger partial charge is 0.264 e. The molecule has 0 saturated carbocycles. The molecule has 0 aliphatic rings. The highest BCUT2D eigenvalue weighted by Gasteiger charge is 2.19. The minimum absolute atomic E-state index is 0.120. The second-order valence-corrected chi connectivity index (χ2v) is 6.07. The molecule has 0 saturated heterocycles. The summed E-state index contributed by atoms with van der Waals surface area (Å²) in [5.41, 5.74) is 12.5. The average molecular weight is 303 g/mol. The van der Waals surface area contributed by atoms with Crippen LogP contribution in [0.25, 0.3) is 0 Å². The van der Waals surface area contributed by atoms with Crippen molar-refractivity contribution in [1.82, 2.24) is 4.90 Å². The number of anilines is 1. The molecule has 0 spiro atoms. The van der Waals surface area contributed by atoms with Crippen LogP contribution in [-0.4, -0.2) is 23.3 Å². The molecule has 110 valence electrons. The summed E-state index contributed by atoms with van der Waals surface area (Å²) in [7, 11) is 0. The highest BCUT2D eigenvalue weighted by molar-refractivity contribution is 7.13. The fourth-order valence-electron chi connectivity index (χ4n) is 2.00. The average Bonchev–Trinajstić information content (AvgIpc) is 2.83. The van der Waals surface area contributed by atoms with E-state index >= 15 is 0 Å². The topological polar surface area (TPSA) is 89.4 Å². The normalized spacial score (nSPS) is 10.3. The molecule has 1 heterocycles. The van der Waals surface area contributed by atoms with Gasteiger partial charge >= 0.3 is 0 Å². The lowest BCUT2D eigenvalue weighted by molar-refractivity contribution is -0.118. The van der Waals surface area contributed by atoms with Crippen LogP contribution >= 0.6 is 11.3 Å². The SMILES string of the molecule is Cc1ccc(C(=O)N(CC(N)=O)Cc2cccc(N)c2)s1. The van der Waals surface area contributed by atoms with E-state index in [1.807, 2.05) is 25.1 Å². The van der Waals surface area contributed by atoms with Crippen LogP contribution in [0.2, 0.25) is 0 Å². The summed E-state index contributed by atoms with van der Waals surface area (Å²) >= 11 is 1.40. The van der Waals surface area contributed by atoms with Crippen LogP contribution in [0.4, 0.5) is 5.69 Å². The fourth-order valence-corrected chi connectivity index (χ4v) is 2.84. The molecule has 6 heteroatoms. The van der Waals surface area contributed by atoms with E-state index in [0.717, 1.165) is 10.4 Å². The Labute approximate surface area is 127 Å². The van der Waals surface area contributed by atoms with Gasteiger partial charge < -0.3 is 16.4 Å². The first-order valence-corrected chi connectivity index (χ1v) is 7.26. The van der Waals surface area contributed by atoms with Crippen molar-refractivity contribution in [2.45, 2.75) is 13.5 Å². The number of primary amides is 1. The minimum atomic E-state index is -0.541. The monoisotopic (exact) mass is 303 g/mol. The Morgan fingerprint density at radius 3 is 2.57 bits per heavy atom. The predicted molar refractivity (Wildman–Crippen MR) is 83.8 cm³/mol. The lowest BCUT2D eigenvalue weighted by atomic mass is 10.2. The van der Waals surface area contributed by atoms with Crippen LogP contribution in [0.15, 0.2) is 36.4 Å². The van der Waals surface area contributed by atoms with E-state index in [0.29, 0.717) is 17.1 Å². The summed E-state index contributed by atoms with van der Waals surface area (Å²) in [6.45, 7) is 2.10. The van der Waals surface area contributed by atoms with Crippen molar-refractivity contribution in [1.29, 1.82) is 0 Å². The lowest BCUT2D eigenvalue weighted by Crippen LogP contribution is -2.37. The summed E-state index contributed by atoms with van der Waals surface area (Å²) in [6, 6.07) is 10.9. The van der Waals surface area contributed by atoms with Crippen molar-refractivity contribution in [2.75, 3.05) is 12.3 Å². The molecule has 0 fully saturated rings. The van der Waals surface area contributed by atoms with E-state index in [1.54, 1.807) is 18.2 Å². The standard InChI is InChI=1S/C15H17N3O2S/c1-10-5-6-13(21-10)15(20)18(9-14(17)19)8-11-3-2-4-12(16)7-11/h2-7H,8-9,16H2,1H3,(H2,17,19). The predicted octanol–water partition coefficient (Wildman–Crippen LogP) is 1.77. The first-order valence-electron chi connectivity index (χ1n) is 6.44. The van der Waals surface area contributed by atoms with Crippen molar-refractivity contribution < 1.29 is 9.59 Å². The third-order valence-corrected chi connectivity index (χ3v) is 3.90. The molecular weight excluding hydrogens is 286 g/mol. The molecule has 0 radical (unpaired) electrons. The number of rotatable bonds is 5.